The first kappa shape index (κ1) is 20.4. The monoisotopic (exact) mass is 437 g/mol. The molecule has 0 bridgehead atoms. The van der Waals surface area contributed by atoms with Crippen LogP contribution in [0.25, 0.3) is 5.65 Å². The Morgan fingerprint density at radius 3 is 2.65 bits per heavy atom. The number of nitrogens with zero attached hydrogens (tertiary/aromatic N) is 3. The summed E-state index contributed by atoms with van der Waals surface area (Å²) in [6.07, 6.45) is 1.41. The van der Waals surface area contributed by atoms with E-state index in [2.05, 4.69) is 15.7 Å². The molecule has 1 aromatic carbocycles. The van der Waals surface area contributed by atoms with Gasteiger partial charge in [0.05, 0.1) is 19.2 Å². The zero-order chi connectivity index (χ0) is 21.8. The molecule has 0 fully saturated rings. The molecule has 158 valence electrons. The van der Waals surface area contributed by atoms with Gasteiger partial charge in [0.15, 0.2) is 5.65 Å². The van der Waals surface area contributed by atoms with Gasteiger partial charge in [-0.05, 0) is 47.8 Å². The van der Waals surface area contributed by atoms with E-state index in [1.165, 1.54) is 21.9 Å². The molecule has 31 heavy (non-hydrogen) atoms. The molecule has 0 unspecified atom stereocenters. The summed E-state index contributed by atoms with van der Waals surface area (Å²) in [4.78, 5) is 38.4. The largest absolute Gasteiger partial charge is 0.497 e. The minimum absolute atomic E-state index is 0.209. The van der Waals surface area contributed by atoms with Crippen LogP contribution in [0.4, 0.5) is 5.69 Å². The zero-order valence-electron chi connectivity index (χ0n) is 16.6. The third kappa shape index (κ3) is 4.64. The average Bonchev–Trinajstić information content (AvgIpc) is 3.41. The number of benzene rings is 1. The lowest BCUT2D eigenvalue weighted by molar-refractivity contribution is -0.122. The number of thiophene rings is 1. The number of rotatable bonds is 7. The van der Waals surface area contributed by atoms with E-state index in [1.807, 2.05) is 17.5 Å². The van der Waals surface area contributed by atoms with Crippen molar-refractivity contribution in [1.82, 2.24) is 19.5 Å². The third-order valence-corrected chi connectivity index (χ3v) is 5.40. The van der Waals surface area contributed by atoms with Crippen molar-refractivity contribution in [3.63, 3.8) is 0 Å². The molecule has 9 nitrogen and oxygen atoms in total. The highest BCUT2D eigenvalue weighted by Crippen LogP contribution is 2.16. The average molecular weight is 437 g/mol. The Labute approximate surface area is 180 Å². The van der Waals surface area contributed by atoms with Crippen molar-refractivity contribution in [3.8, 4) is 5.75 Å². The minimum atomic E-state index is -0.500. The fourth-order valence-corrected chi connectivity index (χ4v) is 3.57. The smallest absolute Gasteiger partial charge is 0.350 e. The standard InChI is InChI=1S/C21H19N5O4S/c1-30-16-7-5-15(6-8-16)23-20(28)14-4-9-18-24-26(21(29)25(18)12-14)13-19(27)22-11-17-3-2-10-31-17/h2-10,12H,11,13H2,1H3,(H,22,27)(H,23,28). The Balaban J connectivity index is 1.47. The molecule has 2 amide bonds. The highest BCUT2D eigenvalue weighted by atomic mass is 32.1. The first-order chi connectivity index (χ1) is 15.0. The highest BCUT2D eigenvalue weighted by Gasteiger charge is 2.14. The first-order valence-electron chi connectivity index (χ1n) is 9.37. The van der Waals surface area contributed by atoms with Crippen LogP contribution in [0.5, 0.6) is 5.75 Å². The molecule has 2 N–H and O–H groups in total. The zero-order valence-corrected chi connectivity index (χ0v) is 17.4. The van der Waals surface area contributed by atoms with Crippen LogP contribution in [-0.4, -0.2) is 33.1 Å². The van der Waals surface area contributed by atoms with Crippen LogP contribution in [0.15, 0.2) is 64.9 Å². The van der Waals surface area contributed by atoms with Crippen molar-refractivity contribution in [2.45, 2.75) is 13.1 Å². The Kier molecular flexibility index (Phi) is 5.80. The maximum absolute atomic E-state index is 12.6. The summed E-state index contributed by atoms with van der Waals surface area (Å²) < 4.78 is 7.42. The van der Waals surface area contributed by atoms with Gasteiger partial charge in [0.25, 0.3) is 5.91 Å². The lowest BCUT2D eigenvalue weighted by Gasteiger charge is -2.06. The molecule has 0 aliphatic carbocycles. The number of pyridine rings is 1. The van der Waals surface area contributed by atoms with Gasteiger partial charge in [-0.15, -0.1) is 16.4 Å². The molecule has 3 heterocycles. The van der Waals surface area contributed by atoms with Crippen LogP contribution >= 0.6 is 11.3 Å². The van der Waals surface area contributed by atoms with Gasteiger partial charge in [0.2, 0.25) is 5.91 Å². The fourth-order valence-electron chi connectivity index (χ4n) is 2.92. The molecule has 0 radical (unpaired) electrons. The molecule has 0 saturated carbocycles. The van der Waals surface area contributed by atoms with Crippen LogP contribution in [-0.2, 0) is 17.9 Å². The summed E-state index contributed by atoms with van der Waals surface area (Å²) >= 11 is 1.54. The lowest BCUT2D eigenvalue weighted by atomic mass is 10.2. The highest BCUT2D eigenvalue weighted by molar-refractivity contribution is 7.09. The van der Waals surface area contributed by atoms with Gasteiger partial charge < -0.3 is 15.4 Å². The van der Waals surface area contributed by atoms with Crippen molar-refractivity contribution >= 4 is 34.5 Å². The van der Waals surface area contributed by atoms with Crippen molar-refractivity contribution in [3.05, 3.63) is 81.0 Å². The number of nitrogens with one attached hydrogen (secondary N) is 2. The number of anilines is 1. The van der Waals surface area contributed by atoms with Crippen LogP contribution in [0.1, 0.15) is 15.2 Å². The third-order valence-electron chi connectivity index (χ3n) is 4.52. The van der Waals surface area contributed by atoms with E-state index in [-0.39, 0.29) is 23.9 Å². The van der Waals surface area contributed by atoms with E-state index in [4.69, 9.17) is 4.74 Å². The topological polar surface area (TPSA) is 107 Å². The van der Waals surface area contributed by atoms with Crippen LogP contribution in [0, 0.1) is 0 Å². The number of hydrogen-bond donors (Lipinski definition) is 2. The second-order valence-electron chi connectivity index (χ2n) is 6.62. The summed E-state index contributed by atoms with van der Waals surface area (Å²) in [6, 6.07) is 13.9. The van der Waals surface area contributed by atoms with Gasteiger partial charge >= 0.3 is 5.69 Å². The minimum Gasteiger partial charge on any atom is -0.497 e. The van der Waals surface area contributed by atoms with E-state index < -0.39 is 5.69 Å². The fraction of sp³-hybridized carbons (Fsp3) is 0.143. The van der Waals surface area contributed by atoms with Crippen molar-refractivity contribution in [2.75, 3.05) is 12.4 Å². The summed E-state index contributed by atoms with van der Waals surface area (Å²) in [7, 11) is 1.56. The maximum Gasteiger partial charge on any atom is 0.350 e. The molecule has 0 aliphatic heterocycles. The van der Waals surface area contributed by atoms with Gasteiger partial charge in [0, 0.05) is 16.8 Å². The molecule has 0 spiro atoms. The number of ether oxygens (including phenoxy) is 1. The van der Waals surface area contributed by atoms with E-state index in [1.54, 1.807) is 43.5 Å². The number of carbonyl (C=O) groups excluding carboxylic acids is 2. The quantitative estimate of drug-likeness (QED) is 0.461. The second kappa shape index (κ2) is 8.84. The summed E-state index contributed by atoms with van der Waals surface area (Å²) in [5, 5.41) is 11.6. The summed E-state index contributed by atoms with van der Waals surface area (Å²) in [6.45, 7) is 0.188. The SMILES string of the molecule is COc1ccc(NC(=O)c2ccc3nn(CC(=O)NCc4cccs4)c(=O)n3c2)cc1. The van der Waals surface area contributed by atoms with E-state index in [0.29, 0.717) is 23.6 Å². The van der Waals surface area contributed by atoms with Crippen LogP contribution in [0.3, 0.4) is 0 Å². The first-order valence-corrected chi connectivity index (χ1v) is 10.2. The number of carbonyl (C=O) groups is 2. The lowest BCUT2D eigenvalue weighted by Crippen LogP contribution is -2.32. The van der Waals surface area contributed by atoms with Gasteiger partial charge in [0.1, 0.15) is 12.3 Å². The molecule has 0 aliphatic rings. The maximum atomic E-state index is 12.6. The number of aromatic nitrogens is 3. The summed E-state index contributed by atoms with van der Waals surface area (Å²) in [5.41, 5.74) is 0.723. The van der Waals surface area contributed by atoms with Crippen molar-refractivity contribution in [1.29, 1.82) is 0 Å². The van der Waals surface area contributed by atoms with Crippen LogP contribution < -0.4 is 21.1 Å². The van der Waals surface area contributed by atoms with E-state index in [9.17, 15) is 14.4 Å². The molecule has 0 atom stereocenters. The Morgan fingerprint density at radius 2 is 1.94 bits per heavy atom. The Hall–Kier alpha value is -3.92. The van der Waals surface area contributed by atoms with E-state index in [0.717, 1.165) is 9.56 Å². The van der Waals surface area contributed by atoms with Crippen molar-refractivity contribution < 1.29 is 14.3 Å². The molecule has 4 aromatic rings. The Bertz CT molecular complexity index is 1280. The molecule has 3 aromatic heterocycles. The molecule has 0 saturated heterocycles. The molecule has 4 rings (SSSR count). The predicted octanol–water partition coefficient (Wildman–Crippen LogP) is 2.13. The number of methoxy groups -OCH3 is 1. The number of amides is 2. The van der Waals surface area contributed by atoms with Gasteiger partial charge in [-0.25, -0.2) is 13.9 Å². The molecular formula is C21H19N5O4S. The van der Waals surface area contributed by atoms with Crippen molar-refractivity contribution in [2.24, 2.45) is 0 Å². The Morgan fingerprint density at radius 1 is 1.13 bits per heavy atom. The number of hydrogen-bond acceptors (Lipinski definition) is 6. The predicted molar refractivity (Wildman–Crippen MR) is 117 cm³/mol. The van der Waals surface area contributed by atoms with E-state index >= 15 is 0 Å². The molecule has 10 heteroatoms. The van der Waals surface area contributed by atoms with Gasteiger partial charge in [-0.3, -0.25) is 9.59 Å². The summed E-state index contributed by atoms with van der Waals surface area (Å²) in [5.74, 6) is -0.0189. The van der Waals surface area contributed by atoms with Crippen LogP contribution in [0.2, 0.25) is 0 Å². The van der Waals surface area contributed by atoms with Gasteiger partial charge in [-0.1, -0.05) is 6.07 Å². The van der Waals surface area contributed by atoms with Gasteiger partial charge in [-0.2, -0.15) is 0 Å². The number of fused-ring (bicyclic) bond motifs is 1. The second-order valence-corrected chi connectivity index (χ2v) is 7.66. The normalized spacial score (nSPS) is 10.7. The molecular weight excluding hydrogens is 418 g/mol.